The first-order valence-electron chi connectivity index (χ1n) is 16.9. The zero-order valence-corrected chi connectivity index (χ0v) is 28.2. The molecule has 2 amide bonds. The summed E-state index contributed by atoms with van der Waals surface area (Å²) in [6, 6.07) is 11.8. The number of hydrogen-bond donors (Lipinski definition) is 2. The molecule has 10 heteroatoms. The molecule has 4 heterocycles. The van der Waals surface area contributed by atoms with Gasteiger partial charge >= 0.3 is 0 Å². The van der Waals surface area contributed by atoms with Crippen molar-refractivity contribution >= 4 is 40.0 Å². The number of benzene rings is 2. The number of piperidine rings is 1. The number of carbonyl (C=O) groups is 2. The highest BCUT2D eigenvalue weighted by Crippen LogP contribution is 2.48. The van der Waals surface area contributed by atoms with Gasteiger partial charge in [0.2, 0.25) is 5.91 Å². The molecule has 0 atom stereocenters. The lowest BCUT2D eigenvalue weighted by molar-refractivity contribution is -0.123. The van der Waals surface area contributed by atoms with E-state index in [1.165, 1.54) is 31.4 Å². The van der Waals surface area contributed by atoms with E-state index in [4.69, 9.17) is 9.97 Å². The van der Waals surface area contributed by atoms with Crippen molar-refractivity contribution in [3.8, 4) is 11.3 Å². The van der Waals surface area contributed by atoms with E-state index in [1.54, 1.807) is 20.3 Å². The molecule has 2 aromatic carbocycles. The molecule has 7 rings (SSSR count). The molecular weight excluding hydrogens is 593 g/mol. The van der Waals surface area contributed by atoms with E-state index in [2.05, 4.69) is 41.5 Å². The fourth-order valence-corrected chi connectivity index (χ4v) is 7.62. The number of nitrogens with zero attached hydrogens (tertiary/aromatic N) is 5. The van der Waals surface area contributed by atoms with Gasteiger partial charge in [0.25, 0.3) is 5.91 Å². The van der Waals surface area contributed by atoms with Crippen LogP contribution in [0.4, 0.5) is 21.6 Å². The molecule has 9 nitrogen and oxygen atoms in total. The van der Waals surface area contributed by atoms with E-state index in [0.29, 0.717) is 34.2 Å². The minimum absolute atomic E-state index is 0.0792. The number of imidazole rings is 1. The zero-order valence-electron chi connectivity index (χ0n) is 28.2. The summed E-state index contributed by atoms with van der Waals surface area (Å²) < 4.78 is 17.4. The standard InChI is InChI=1S/C37H44FN7O2/c1-21(2)44-20-40-31-19-29(41-34(33(31)44)42-30-18-26(35(46)39-6)22(3)14-28(30)38)23-10-11-27-32(15-23)45(36(47)37(27,4)5)25-16-24(17-25)43-12-8-7-9-13-43/h10-11,14-15,18-21,24-25H,7-9,12-13,16-17H2,1-6H3,(H,39,46)(H,41,42)/t24-,25+. The van der Waals surface area contributed by atoms with Crippen LogP contribution in [0.5, 0.6) is 0 Å². The van der Waals surface area contributed by atoms with Crippen LogP contribution in [0.1, 0.15) is 87.3 Å². The molecule has 1 aliphatic carbocycles. The van der Waals surface area contributed by atoms with Gasteiger partial charge in [-0.05, 0) is 109 Å². The number of aryl methyl sites for hydroxylation is 1. The maximum atomic E-state index is 15.4. The Balaban J connectivity index is 1.28. The number of anilines is 3. The van der Waals surface area contributed by atoms with Gasteiger partial charge in [-0.15, -0.1) is 0 Å². The van der Waals surface area contributed by atoms with E-state index in [-0.39, 0.29) is 29.6 Å². The van der Waals surface area contributed by atoms with Crippen molar-refractivity contribution in [2.45, 2.75) is 90.3 Å². The first kappa shape index (κ1) is 31.3. The van der Waals surface area contributed by atoms with Crippen LogP contribution in [0.2, 0.25) is 0 Å². The second-order valence-electron chi connectivity index (χ2n) is 14.2. The third-order valence-corrected chi connectivity index (χ3v) is 10.5. The SMILES string of the molecule is CNC(=O)c1cc(Nc2nc(-c3ccc4c(c3)N([C@H]3C[C@@H](N5CCCCC5)C3)C(=O)C4(C)C)cc3ncn(C(C)C)c23)c(F)cc1C. The Morgan fingerprint density at radius 1 is 1.04 bits per heavy atom. The van der Waals surface area contributed by atoms with Crippen molar-refractivity contribution in [1.29, 1.82) is 0 Å². The number of fused-ring (bicyclic) bond motifs is 2. The van der Waals surface area contributed by atoms with E-state index >= 15 is 4.39 Å². The fraction of sp³-hybridized carbons (Fsp3) is 0.459. The van der Waals surface area contributed by atoms with Gasteiger partial charge in [0, 0.05) is 42.0 Å². The third-order valence-electron chi connectivity index (χ3n) is 10.5. The summed E-state index contributed by atoms with van der Waals surface area (Å²) in [4.78, 5) is 40.9. The molecule has 2 aliphatic heterocycles. The van der Waals surface area contributed by atoms with Crippen LogP contribution in [0, 0.1) is 12.7 Å². The smallest absolute Gasteiger partial charge is 0.251 e. The van der Waals surface area contributed by atoms with Crippen molar-refractivity contribution in [2.75, 3.05) is 30.4 Å². The molecule has 4 aromatic rings. The Kier molecular flexibility index (Phi) is 7.82. The van der Waals surface area contributed by atoms with Crippen molar-refractivity contribution in [3.05, 3.63) is 65.2 Å². The first-order chi connectivity index (χ1) is 22.5. The number of hydrogen-bond acceptors (Lipinski definition) is 6. The Labute approximate surface area is 275 Å². The molecule has 0 spiro atoms. The molecule has 1 saturated carbocycles. The molecule has 0 bridgehead atoms. The number of pyridine rings is 1. The topological polar surface area (TPSA) is 95.4 Å². The lowest BCUT2D eigenvalue weighted by Crippen LogP contribution is -2.57. The normalized spacial score (nSPS) is 20.9. The number of carbonyl (C=O) groups excluding carboxylic acids is 2. The Bertz CT molecular complexity index is 1890. The van der Waals surface area contributed by atoms with Gasteiger partial charge in [-0.3, -0.25) is 9.59 Å². The molecule has 0 radical (unpaired) electrons. The highest BCUT2D eigenvalue weighted by molar-refractivity contribution is 6.09. The summed E-state index contributed by atoms with van der Waals surface area (Å²) in [6.45, 7) is 12.2. The van der Waals surface area contributed by atoms with Crippen LogP contribution in [0.15, 0.2) is 42.7 Å². The van der Waals surface area contributed by atoms with Crippen molar-refractivity contribution < 1.29 is 14.0 Å². The molecular formula is C37H44FN7O2. The van der Waals surface area contributed by atoms with Crippen LogP contribution < -0.4 is 15.5 Å². The number of halogens is 1. The highest BCUT2D eigenvalue weighted by Gasteiger charge is 2.50. The van der Waals surface area contributed by atoms with Gasteiger partial charge in [0.15, 0.2) is 5.82 Å². The van der Waals surface area contributed by atoms with Gasteiger partial charge in [-0.25, -0.2) is 14.4 Å². The van der Waals surface area contributed by atoms with Crippen molar-refractivity contribution in [3.63, 3.8) is 0 Å². The Morgan fingerprint density at radius 2 is 1.79 bits per heavy atom. The van der Waals surface area contributed by atoms with Crippen molar-refractivity contribution in [1.82, 2.24) is 24.8 Å². The second kappa shape index (κ2) is 11.7. The predicted molar refractivity (Wildman–Crippen MR) is 184 cm³/mol. The third kappa shape index (κ3) is 5.26. The van der Waals surface area contributed by atoms with Crippen molar-refractivity contribution in [2.24, 2.45) is 0 Å². The monoisotopic (exact) mass is 637 g/mol. The minimum Gasteiger partial charge on any atom is -0.355 e. The molecule has 2 aromatic heterocycles. The van der Waals surface area contributed by atoms with Gasteiger partial charge in [-0.2, -0.15) is 0 Å². The van der Waals surface area contributed by atoms with Gasteiger partial charge < -0.3 is 25.0 Å². The van der Waals surface area contributed by atoms with E-state index in [0.717, 1.165) is 48.3 Å². The second-order valence-corrected chi connectivity index (χ2v) is 14.2. The molecule has 1 saturated heterocycles. The predicted octanol–water partition coefficient (Wildman–Crippen LogP) is 6.87. The van der Waals surface area contributed by atoms with E-state index in [1.807, 2.05) is 35.4 Å². The van der Waals surface area contributed by atoms with Crippen LogP contribution in [-0.2, 0) is 10.2 Å². The lowest BCUT2D eigenvalue weighted by Gasteiger charge is -2.48. The highest BCUT2D eigenvalue weighted by atomic mass is 19.1. The summed E-state index contributed by atoms with van der Waals surface area (Å²) in [7, 11) is 1.55. The molecule has 3 aliphatic rings. The van der Waals surface area contributed by atoms with Crippen LogP contribution in [0.3, 0.4) is 0 Å². The molecule has 47 heavy (non-hydrogen) atoms. The summed E-state index contributed by atoms with van der Waals surface area (Å²) in [5.74, 6) is -0.191. The fourth-order valence-electron chi connectivity index (χ4n) is 7.62. The van der Waals surface area contributed by atoms with Crippen LogP contribution >= 0.6 is 0 Å². The quantitative estimate of drug-likeness (QED) is 0.230. The summed E-state index contributed by atoms with van der Waals surface area (Å²) in [6.07, 6.45) is 7.60. The first-order valence-corrected chi connectivity index (χ1v) is 16.9. The summed E-state index contributed by atoms with van der Waals surface area (Å²) in [5, 5.41) is 5.84. The maximum absolute atomic E-state index is 15.4. The zero-order chi connectivity index (χ0) is 33.2. The Morgan fingerprint density at radius 3 is 2.49 bits per heavy atom. The maximum Gasteiger partial charge on any atom is 0.251 e. The minimum atomic E-state index is -0.615. The Hall–Kier alpha value is -4.31. The van der Waals surface area contributed by atoms with Crippen LogP contribution in [-0.4, -0.2) is 63.5 Å². The van der Waals surface area contributed by atoms with Gasteiger partial charge in [0.05, 0.1) is 28.6 Å². The molecule has 2 N–H and O–H groups in total. The lowest BCUT2D eigenvalue weighted by atomic mass is 9.82. The number of amides is 2. The largest absolute Gasteiger partial charge is 0.355 e. The van der Waals surface area contributed by atoms with Gasteiger partial charge in [-0.1, -0.05) is 18.6 Å². The summed E-state index contributed by atoms with van der Waals surface area (Å²) in [5.41, 5.74) is 5.39. The number of rotatable bonds is 7. The van der Waals surface area contributed by atoms with E-state index in [9.17, 15) is 9.59 Å². The van der Waals surface area contributed by atoms with E-state index < -0.39 is 11.2 Å². The average Bonchev–Trinajstić information content (AvgIpc) is 3.55. The molecule has 2 fully saturated rings. The molecule has 246 valence electrons. The number of nitrogens with one attached hydrogen (secondary N) is 2. The van der Waals surface area contributed by atoms with Crippen LogP contribution in [0.25, 0.3) is 22.3 Å². The molecule has 0 unspecified atom stereocenters. The van der Waals surface area contributed by atoms with Gasteiger partial charge in [0.1, 0.15) is 11.3 Å². The number of likely N-dealkylation sites (tertiary alicyclic amines) is 1. The average molecular weight is 638 g/mol. The summed E-state index contributed by atoms with van der Waals surface area (Å²) >= 11 is 0. The number of aromatic nitrogens is 3.